The third-order valence-electron chi connectivity index (χ3n) is 4.85. The lowest BCUT2D eigenvalue weighted by molar-refractivity contribution is 0.0971. The molecular weight excluding hydrogens is 464 g/mol. The van der Waals surface area contributed by atoms with Gasteiger partial charge in [0, 0.05) is 6.54 Å². The number of carbonyl (C=O) groups excluding carboxylic acids is 1. The monoisotopic (exact) mass is 494 g/mol. The zero-order valence-corrected chi connectivity index (χ0v) is 20.7. The Morgan fingerprint density at radius 3 is 2.31 bits per heavy atom. The average Bonchev–Trinajstić information content (AvgIpc) is 2.89. The second-order valence-electron chi connectivity index (χ2n) is 7.48. The Morgan fingerprint density at radius 1 is 0.829 bits per heavy atom. The highest BCUT2D eigenvalue weighted by atomic mass is 32.1. The summed E-state index contributed by atoms with van der Waals surface area (Å²) in [6.45, 7) is 3.73. The Labute approximate surface area is 211 Å². The minimum absolute atomic E-state index is 0.211. The third-order valence-corrected chi connectivity index (χ3v) is 5.10. The molecule has 3 rings (SSSR count). The zero-order chi connectivity index (χ0) is 24.9. The van der Waals surface area contributed by atoms with Gasteiger partial charge in [0.15, 0.2) is 16.6 Å². The van der Waals surface area contributed by atoms with Crippen LogP contribution in [0.4, 0.5) is 0 Å². The number of ether oxygens (including phenoxy) is 4. The number of methoxy groups -OCH3 is 1. The SMILES string of the molecule is CCCOc1ccc(CNC(=S)NC(=O)c2ccccc2OCCOc2ccccc2)cc1OC. The van der Waals surface area contributed by atoms with E-state index in [1.54, 1.807) is 25.3 Å². The fourth-order valence-corrected chi connectivity index (χ4v) is 3.32. The fourth-order valence-electron chi connectivity index (χ4n) is 3.16. The fraction of sp³-hybridized carbons (Fsp3) is 0.259. The molecule has 0 aliphatic rings. The summed E-state index contributed by atoms with van der Waals surface area (Å²) in [5, 5.41) is 5.96. The van der Waals surface area contributed by atoms with Crippen LogP contribution >= 0.6 is 12.2 Å². The molecule has 0 unspecified atom stereocenters. The highest BCUT2D eigenvalue weighted by Gasteiger charge is 2.14. The summed E-state index contributed by atoms with van der Waals surface area (Å²) in [5.74, 6) is 2.20. The Kier molecular flexibility index (Phi) is 10.2. The molecule has 0 aliphatic carbocycles. The van der Waals surface area contributed by atoms with E-state index in [9.17, 15) is 4.79 Å². The van der Waals surface area contributed by atoms with E-state index < -0.39 is 0 Å². The minimum Gasteiger partial charge on any atom is -0.493 e. The second kappa shape index (κ2) is 13.8. The van der Waals surface area contributed by atoms with Crippen LogP contribution in [0, 0.1) is 0 Å². The molecule has 0 aromatic heterocycles. The molecule has 0 fully saturated rings. The van der Waals surface area contributed by atoms with Gasteiger partial charge in [-0.25, -0.2) is 0 Å². The number of benzene rings is 3. The lowest BCUT2D eigenvalue weighted by atomic mass is 10.2. The van der Waals surface area contributed by atoms with Crippen molar-refractivity contribution in [3.8, 4) is 23.0 Å². The summed E-state index contributed by atoms with van der Waals surface area (Å²) in [6.07, 6.45) is 0.913. The molecule has 7 nitrogen and oxygen atoms in total. The van der Waals surface area contributed by atoms with Gasteiger partial charge in [0.1, 0.15) is 24.7 Å². The number of para-hydroxylation sites is 2. The molecule has 184 valence electrons. The largest absolute Gasteiger partial charge is 0.493 e. The molecule has 8 heteroatoms. The molecule has 0 heterocycles. The van der Waals surface area contributed by atoms with Crippen molar-refractivity contribution in [1.82, 2.24) is 10.6 Å². The molecule has 0 radical (unpaired) electrons. The smallest absolute Gasteiger partial charge is 0.261 e. The number of carbonyl (C=O) groups is 1. The molecule has 0 aliphatic heterocycles. The predicted molar refractivity (Wildman–Crippen MR) is 140 cm³/mol. The summed E-state index contributed by atoms with van der Waals surface area (Å²) in [5.41, 5.74) is 1.32. The predicted octanol–water partition coefficient (Wildman–Crippen LogP) is 4.75. The van der Waals surface area contributed by atoms with Crippen molar-refractivity contribution >= 4 is 23.2 Å². The summed E-state index contributed by atoms with van der Waals surface area (Å²) in [7, 11) is 1.60. The molecule has 0 saturated carbocycles. The standard InChI is InChI=1S/C27H30N2O5S/c1-3-15-33-24-14-13-20(18-25(24)31-2)19-28-27(35)29-26(30)22-11-7-8-12-23(22)34-17-16-32-21-9-5-4-6-10-21/h4-14,18H,3,15-17,19H2,1-2H3,(H2,28,29,30,35). The van der Waals surface area contributed by atoms with Crippen LogP contribution in [-0.2, 0) is 6.54 Å². The molecule has 3 aromatic rings. The van der Waals surface area contributed by atoms with Crippen LogP contribution in [0.1, 0.15) is 29.3 Å². The maximum Gasteiger partial charge on any atom is 0.261 e. The first-order valence-electron chi connectivity index (χ1n) is 11.4. The number of nitrogens with one attached hydrogen (secondary N) is 2. The summed E-state index contributed by atoms with van der Waals surface area (Å²) < 4.78 is 22.5. The van der Waals surface area contributed by atoms with Crippen LogP contribution < -0.4 is 29.6 Å². The van der Waals surface area contributed by atoms with E-state index in [1.807, 2.05) is 61.5 Å². The molecular formula is C27H30N2O5S. The maximum absolute atomic E-state index is 12.8. The number of amides is 1. The first-order valence-corrected chi connectivity index (χ1v) is 11.8. The lowest BCUT2D eigenvalue weighted by Gasteiger charge is -2.14. The van der Waals surface area contributed by atoms with Gasteiger partial charge in [-0.3, -0.25) is 10.1 Å². The number of hydrogen-bond acceptors (Lipinski definition) is 6. The van der Waals surface area contributed by atoms with E-state index in [0.717, 1.165) is 17.7 Å². The van der Waals surface area contributed by atoms with Crippen molar-refractivity contribution in [2.75, 3.05) is 26.9 Å². The van der Waals surface area contributed by atoms with Crippen molar-refractivity contribution in [2.24, 2.45) is 0 Å². The van der Waals surface area contributed by atoms with Crippen LogP contribution in [0.2, 0.25) is 0 Å². The van der Waals surface area contributed by atoms with Gasteiger partial charge in [0.25, 0.3) is 5.91 Å². The van der Waals surface area contributed by atoms with Gasteiger partial charge < -0.3 is 24.3 Å². The third kappa shape index (κ3) is 8.19. The average molecular weight is 495 g/mol. The summed E-state index contributed by atoms with van der Waals surface area (Å²) in [6, 6.07) is 22.1. The van der Waals surface area contributed by atoms with Gasteiger partial charge in [-0.1, -0.05) is 43.3 Å². The lowest BCUT2D eigenvalue weighted by Crippen LogP contribution is -2.39. The molecule has 0 saturated heterocycles. The Morgan fingerprint density at radius 2 is 1.54 bits per heavy atom. The number of rotatable bonds is 12. The zero-order valence-electron chi connectivity index (χ0n) is 19.9. The molecule has 0 bridgehead atoms. The topological polar surface area (TPSA) is 78.1 Å². The van der Waals surface area contributed by atoms with Crippen molar-refractivity contribution < 1.29 is 23.7 Å². The molecule has 35 heavy (non-hydrogen) atoms. The van der Waals surface area contributed by atoms with Crippen LogP contribution in [0.5, 0.6) is 23.0 Å². The first kappa shape index (κ1) is 25.8. The van der Waals surface area contributed by atoms with E-state index >= 15 is 0 Å². The Bertz CT molecular complexity index is 1110. The van der Waals surface area contributed by atoms with Crippen LogP contribution in [-0.4, -0.2) is 38.0 Å². The molecule has 2 N–H and O–H groups in total. The Balaban J connectivity index is 1.50. The van der Waals surface area contributed by atoms with Gasteiger partial charge in [0.05, 0.1) is 19.3 Å². The van der Waals surface area contributed by atoms with Gasteiger partial charge in [-0.05, 0) is 60.6 Å². The minimum atomic E-state index is -0.358. The quantitative estimate of drug-likeness (QED) is 0.278. The molecule has 0 atom stereocenters. The normalized spacial score (nSPS) is 10.2. The van der Waals surface area contributed by atoms with Crippen LogP contribution in [0.15, 0.2) is 72.8 Å². The summed E-state index contributed by atoms with van der Waals surface area (Å²) >= 11 is 5.32. The highest BCUT2D eigenvalue weighted by molar-refractivity contribution is 7.80. The van der Waals surface area contributed by atoms with E-state index in [2.05, 4.69) is 10.6 Å². The maximum atomic E-state index is 12.8. The number of hydrogen-bond donors (Lipinski definition) is 2. The number of thiocarbonyl (C=S) groups is 1. The Hall–Kier alpha value is -3.78. The van der Waals surface area contributed by atoms with Gasteiger partial charge >= 0.3 is 0 Å². The van der Waals surface area contributed by atoms with Gasteiger partial charge in [-0.2, -0.15) is 0 Å². The van der Waals surface area contributed by atoms with Crippen molar-refractivity contribution in [3.63, 3.8) is 0 Å². The van der Waals surface area contributed by atoms with Crippen LogP contribution in [0.25, 0.3) is 0 Å². The van der Waals surface area contributed by atoms with E-state index in [0.29, 0.717) is 49.2 Å². The second-order valence-corrected chi connectivity index (χ2v) is 7.88. The van der Waals surface area contributed by atoms with E-state index in [4.69, 9.17) is 31.2 Å². The highest BCUT2D eigenvalue weighted by Crippen LogP contribution is 2.28. The first-order chi connectivity index (χ1) is 17.1. The van der Waals surface area contributed by atoms with Crippen LogP contribution in [0.3, 0.4) is 0 Å². The van der Waals surface area contributed by atoms with Crippen molar-refractivity contribution in [1.29, 1.82) is 0 Å². The summed E-state index contributed by atoms with van der Waals surface area (Å²) in [4.78, 5) is 12.8. The van der Waals surface area contributed by atoms with E-state index in [-0.39, 0.29) is 11.0 Å². The van der Waals surface area contributed by atoms with Crippen molar-refractivity contribution in [3.05, 3.63) is 83.9 Å². The van der Waals surface area contributed by atoms with Gasteiger partial charge in [0.2, 0.25) is 0 Å². The van der Waals surface area contributed by atoms with Crippen molar-refractivity contribution in [2.45, 2.75) is 19.9 Å². The molecule has 1 amide bonds. The van der Waals surface area contributed by atoms with Gasteiger partial charge in [-0.15, -0.1) is 0 Å². The molecule has 3 aromatic carbocycles. The molecule has 0 spiro atoms. The van der Waals surface area contributed by atoms with E-state index in [1.165, 1.54) is 0 Å².